The summed E-state index contributed by atoms with van der Waals surface area (Å²) in [7, 11) is -2.17. The zero-order valence-electron chi connectivity index (χ0n) is 2.55. The van der Waals surface area contributed by atoms with E-state index in [-0.39, 0.29) is 76.8 Å². The van der Waals surface area contributed by atoms with E-state index in [1.165, 1.54) is 0 Å². The SMILES string of the molecule is OB(O)O.[Gd].[Tm]. The fourth-order valence-electron chi connectivity index (χ4n) is 0. The van der Waals surface area contributed by atoms with Crippen LogP contribution in [0.15, 0.2) is 0 Å². The first kappa shape index (κ1) is 15.8. The fourth-order valence-corrected chi connectivity index (χ4v) is 0. The van der Waals surface area contributed by atoms with Crippen LogP contribution in [0.5, 0.6) is 0 Å². The van der Waals surface area contributed by atoms with Gasteiger partial charge in [0.2, 0.25) is 0 Å². The van der Waals surface area contributed by atoms with Crippen molar-refractivity contribution in [2.75, 3.05) is 0 Å². The van der Waals surface area contributed by atoms with Crippen molar-refractivity contribution in [2.45, 2.75) is 0 Å². The predicted octanol–water partition coefficient (Wildman–Crippen LogP) is -2.05. The van der Waals surface area contributed by atoms with Gasteiger partial charge in [0.25, 0.3) is 0 Å². The van der Waals surface area contributed by atoms with Gasteiger partial charge >= 0.3 is 7.32 Å². The summed E-state index contributed by atoms with van der Waals surface area (Å²) in [5, 5.41) is 21.5. The van der Waals surface area contributed by atoms with Crippen molar-refractivity contribution >= 4 is 7.32 Å². The topological polar surface area (TPSA) is 60.7 Å². The van der Waals surface area contributed by atoms with Gasteiger partial charge in [0.05, 0.1) is 0 Å². The van der Waals surface area contributed by atoms with Gasteiger partial charge in [0, 0.05) is 76.8 Å². The molecule has 3 nitrogen and oxygen atoms in total. The first-order valence-corrected chi connectivity index (χ1v) is 0.775. The van der Waals surface area contributed by atoms with E-state index in [4.69, 9.17) is 15.1 Å². The zero-order valence-corrected chi connectivity index (χ0v) is 6.60. The van der Waals surface area contributed by atoms with Gasteiger partial charge in [-0.05, 0) is 0 Å². The molecule has 6 heteroatoms. The van der Waals surface area contributed by atoms with Crippen LogP contribution < -0.4 is 0 Å². The van der Waals surface area contributed by atoms with E-state index < -0.39 is 7.32 Å². The van der Waals surface area contributed by atoms with Crippen LogP contribution in [-0.4, -0.2) is 22.4 Å². The van der Waals surface area contributed by atoms with Gasteiger partial charge in [-0.2, -0.15) is 0 Å². The van der Waals surface area contributed by atoms with E-state index in [0.717, 1.165) is 0 Å². The molecule has 0 amide bonds. The number of hydrogen-bond acceptors (Lipinski definition) is 3. The third kappa shape index (κ3) is 31.4. The predicted molar refractivity (Wildman–Crippen MR) is 12.4 cm³/mol. The van der Waals surface area contributed by atoms with Crippen LogP contribution in [0.25, 0.3) is 0 Å². The Morgan fingerprint density at radius 3 is 1.00 bits per heavy atom. The number of rotatable bonds is 0. The molecule has 0 aromatic rings. The van der Waals surface area contributed by atoms with Crippen LogP contribution >= 0.6 is 0 Å². The third-order valence-electron chi connectivity index (χ3n) is 0. The molecular formula is H3BGdO3Tm. The molecule has 0 aromatic heterocycles. The van der Waals surface area contributed by atoms with Crippen LogP contribution in [0.4, 0.5) is 0 Å². The average Bonchev–Trinajstić information content (AvgIpc) is 0.811. The molecular weight excluding hydrogens is 385 g/mol. The van der Waals surface area contributed by atoms with Gasteiger partial charge < -0.3 is 15.1 Å². The molecule has 0 spiro atoms. The maximum atomic E-state index is 7.17. The maximum absolute atomic E-state index is 7.17. The standard InChI is InChI=1S/BH3O3.Gd.Tm/c2-1(3)4;;/h2-4H;;. The van der Waals surface area contributed by atoms with Crippen LogP contribution in [0.1, 0.15) is 0 Å². The molecule has 0 heterocycles. The van der Waals surface area contributed by atoms with E-state index in [2.05, 4.69) is 0 Å². The molecule has 0 aliphatic rings. The Morgan fingerprint density at radius 1 is 1.00 bits per heavy atom. The molecule has 0 atom stereocenters. The molecule has 6 heavy (non-hydrogen) atoms. The van der Waals surface area contributed by atoms with Gasteiger partial charge in [-0.15, -0.1) is 0 Å². The van der Waals surface area contributed by atoms with Crippen LogP contribution in [0.2, 0.25) is 0 Å². The Hall–Kier alpha value is 2.50. The molecule has 0 rings (SSSR count). The molecule has 0 fully saturated rings. The van der Waals surface area contributed by atoms with Crippen molar-refractivity contribution in [3.8, 4) is 0 Å². The fraction of sp³-hybridized carbons (Fsp3) is 0. The molecule has 0 bridgehead atoms. The van der Waals surface area contributed by atoms with Crippen LogP contribution in [0, 0.1) is 76.8 Å². The minimum atomic E-state index is -2.17. The summed E-state index contributed by atoms with van der Waals surface area (Å²) in [6.45, 7) is 0. The summed E-state index contributed by atoms with van der Waals surface area (Å²) >= 11 is 0. The molecule has 0 saturated heterocycles. The normalized spacial score (nSPS) is 4.50. The zero-order chi connectivity index (χ0) is 3.58. The Kier molecular flexibility index (Phi) is 27.6. The van der Waals surface area contributed by atoms with Crippen LogP contribution in [-0.2, 0) is 0 Å². The van der Waals surface area contributed by atoms with Gasteiger partial charge in [-0.25, -0.2) is 0 Å². The summed E-state index contributed by atoms with van der Waals surface area (Å²) in [5.74, 6) is 0. The van der Waals surface area contributed by atoms with Crippen molar-refractivity contribution < 1.29 is 91.9 Å². The van der Waals surface area contributed by atoms with Crippen molar-refractivity contribution in [1.82, 2.24) is 0 Å². The first-order chi connectivity index (χ1) is 1.73. The number of hydrogen-bond donors (Lipinski definition) is 3. The Morgan fingerprint density at radius 2 is 1.00 bits per heavy atom. The summed E-state index contributed by atoms with van der Waals surface area (Å²) < 4.78 is 0. The summed E-state index contributed by atoms with van der Waals surface area (Å²) in [6, 6.07) is 0. The van der Waals surface area contributed by atoms with E-state index in [1.54, 1.807) is 0 Å². The van der Waals surface area contributed by atoms with Crippen molar-refractivity contribution in [3.05, 3.63) is 0 Å². The van der Waals surface area contributed by atoms with Gasteiger partial charge in [0.1, 0.15) is 0 Å². The van der Waals surface area contributed by atoms with E-state index in [9.17, 15) is 0 Å². The molecule has 0 aromatic carbocycles. The van der Waals surface area contributed by atoms with Gasteiger partial charge in [-0.1, -0.05) is 0 Å². The minimum Gasteiger partial charge on any atom is -0.402 e. The largest absolute Gasteiger partial charge is 0.631 e. The molecule has 45 valence electrons. The second-order valence-corrected chi connectivity index (χ2v) is 0.346. The quantitative estimate of drug-likeness (QED) is 0.419. The Balaban J connectivity index is -0.0000000450. The molecule has 0 saturated carbocycles. The minimum absolute atomic E-state index is 0. The van der Waals surface area contributed by atoms with Gasteiger partial charge in [0.15, 0.2) is 0 Å². The van der Waals surface area contributed by atoms with E-state index in [0.29, 0.717) is 0 Å². The van der Waals surface area contributed by atoms with E-state index in [1.807, 2.05) is 0 Å². The Bertz CT molecular complexity index is 15.5. The van der Waals surface area contributed by atoms with Crippen molar-refractivity contribution in [2.24, 2.45) is 0 Å². The first-order valence-electron chi connectivity index (χ1n) is 0.775. The monoisotopic (exact) mass is 389 g/mol. The summed E-state index contributed by atoms with van der Waals surface area (Å²) in [5.41, 5.74) is 0. The summed E-state index contributed by atoms with van der Waals surface area (Å²) in [6.07, 6.45) is 0. The van der Waals surface area contributed by atoms with Crippen molar-refractivity contribution in [3.63, 3.8) is 0 Å². The van der Waals surface area contributed by atoms with E-state index >= 15 is 0 Å². The molecule has 0 aliphatic carbocycles. The van der Waals surface area contributed by atoms with Crippen LogP contribution in [0.3, 0.4) is 0 Å². The maximum Gasteiger partial charge on any atom is 0.631 e. The third-order valence-corrected chi connectivity index (χ3v) is 0. The second kappa shape index (κ2) is 10.5. The molecule has 0 aliphatic heterocycles. The smallest absolute Gasteiger partial charge is 0.402 e. The molecule has 0 unspecified atom stereocenters. The summed E-state index contributed by atoms with van der Waals surface area (Å²) in [4.78, 5) is 0. The second-order valence-electron chi connectivity index (χ2n) is 0.346. The van der Waals surface area contributed by atoms with Crippen molar-refractivity contribution in [1.29, 1.82) is 0 Å². The Labute approximate surface area is 97.2 Å². The average molecular weight is 388 g/mol. The molecule has 1 radical (unpaired) electrons. The molecule has 3 N–H and O–H groups in total. The van der Waals surface area contributed by atoms with Gasteiger partial charge in [-0.3, -0.25) is 0 Å².